The maximum absolute atomic E-state index is 13.9. The number of nitrogens with zero attached hydrogens (tertiary/aromatic N) is 3. The van der Waals surface area contributed by atoms with E-state index in [4.69, 9.17) is 20.6 Å². The first-order valence-corrected chi connectivity index (χ1v) is 17.5. The summed E-state index contributed by atoms with van der Waals surface area (Å²) in [6, 6.07) is 19.8. The van der Waals surface area contributed by atoms with Crippen LogP contribution in [0.2, 0.25) is 5.02 Å². The normalized spacial score (nSPS) is 15.3. The maximum atomic E-state index is 13.9. The lowest BCUT2D eigenvalue weighted by Gasteiger charge is -2.24. The van der Waals surface area contributed by atoms with Gasteiger partial charge in [-0.05, 0) is 92.3 Å². The number of likely N-dealkylation sites (tertiary alicyclic amines) is 1. The quantitative estimate of drug-likeness (QED) is 0.218. The molecule has 0 N–H and O–H groups in total. The Morgan fingerprint density at radius 3 is 2.00 bits per heavy atom. The van der Waals surface area contributed by atoms with Gasteiger partial charge >= 0.3 is 7.60 Å². The summed E-state index contributed by atoms with van der Waals surface area (Å²) in [5.41, 5.74) is 4.29. The van der Waals surface area contributed by atoms with Gasteiger partial charge in [-0.3, -0.25) is 18.9 Å². The van der Waals surface area contributed by atoms with E-state index < -0.39 is 7.60 Å². The summed E-state index contributed by atoms with van der Waals surface area (Å²) in [5, 5.41) is 0.522. The highest BCUT2D eigenvalue weighted by Crippen LogP contribution is 2.48. The molecule has 9 nitrogen and oxygen atoms in total. The molecule has 0 aromatic heterocycles. The molecule has 2 aliphatic heterocycles. The average molecular weight is 652 g/mol. The third kappa shape index (κ3) is 8.03. The Labute approximate surface area is 269 Å². The number of carbonyl (C=O) groups is 3. The van der Waals surface area contributed by atoms with E-state index in [0.717, 1.165) is 42.6 Å². The molecule has 1 fully saturated rings. The van der Waals surface area contributed by atoms with Crippen molar-refractivity contribution in [2.75, 3.05) is 43.9 Å². The molecule has 45 heavy (non-hydrogen) atoms. The summed E-state index contributed by atoms with van der Waals surface area (Å²) in [6.45, 7) is 6.06. The van der Waals surface area contributed by atoms with Crippen LogP contribution < -0.4 is 4.90 Å². The zero-order valence-electron chi connectivity index (χ0n) is 25.7. The first-order chi connectivity index (χ1) is 21.7. The number of amides is 3. The van der Waals surface area contributed by atoms with Gasteiger partial charge in [0.25, 0.3) is 11.8 Å². The van der Waals surface area contributed by atoms with Gasteiger partial charge in [0, 0.05) is 41.5 Å². The van der Waals surface area contributed by atoms with Gasteiger partial charge in [-0.15, -0.1) is 0 Å². The van der Waals surface area contributed by atoms with E-state index in [1.807, 2.05) is 47.4 Å². The third-order valence-electron chi connectivity index (χ3n) is 8.07. The fraction of sp³-hybridized carbons (Fsp3) is 0.382. The maximum Gasteiger partial charge on any atom is 0.330 e. The van der Waals surface area contributed by atoms with Gasteiger partial charge in [-0.2, -0.15) is 0 Å². The van der Waals surface area contributed by atoms with Crippen LogP contribution in [0.4, 0.5) is 5.69 Å². The minimum absolute atomic E-state index is 0.0210. The van der Waals surface area contributed by atoms with Crippen LogP contribution in [0.25, 0.3) is 0 Å². The molecule has 5 rings (SSSR count). The Kier molecular flexibility index (Phi) is 10.8. The van der Waals surface area contributed by atoms with Crippen LogP contribution in [0.15, 0.2) is 66.7 Å². The highest BCUT2D eigenvalue weighted by atomic mass is 35.5. The van der Waals surface area contributed by atoms with Crippen molar-refractivity contribution in [2.24, 2.45) is 0 Å². The number of benzene rings is 3. The molecule has 1 saturated heterocycles. The first kappa shape index (κ1) is 32.9. The molecule has 3 aromatic carbocycles. The molecule has 0 aliphatic carbocycles. The average Bonchev–Trinajstić information content (AvgIpc) is 3.54. The second-order valence-electron chi connectivity index (χ2n) is 11.2. The topological polar surface area (TPSA) is 96.5 Å². The van der Waals surface area contributed by atoms with Crippen LogP contribution in [-0.2, 0) is 37.9 Å². The van der Waals surface area contributed by atoms with E-state index in [-0.39, 0.29) is 56.7 Å². The fourth-order valence-electron chi connectivity index (χ4n) is 5.75. The predicted octanol–water partition coefficient (Wildman–Crippen LogP) is 6.57. The number of carbonyl (C=O) groups excluding carboxylic acids is 3. The lowest BCUT2D eigenvalue weighted by molar-refractivity contribution is -0.119. The highest BCUT2D eigenvalue weighted by Gasteiger charge is 2.31. The van der Waals surface area contributed by atoms with Crippen LogP contribution in [0.3, 0.4) is 0 Å². The van der Waals surface area contributed by atoms with Crippen molar-refractivity contribution in [1.29, 1.82) is 0 Å². The van der Waals surface area contributed by atoms with E-state index in [1.54, 1.807) is 47.9 Å². The standard InChI is InChI=1S/C34H39ClN3O6P/c1-3-43-45(42,44-4-2)20-17-25-7-12-29-23-37(34(41)28-13-15-30(35)16-14-28)24-32(39)38(31(29)21-25)22-26-8-10-27(11-9-26)33(40)36-18-5-6-19-36/h7-16,21H,3-6,17-20,22-24H2,1-2H3. The van der Waals surface area contributed by atoms with Crippen molar-refractivity contribution >= 4 is 42.6 Å². The Morgan fingerprint density at radius 1 is 0.800 bits per heavy atom. The van der Waals surface area contributed by atoms with Crippen molar-refractivity contribution in [2.45, 2.75) is 46.2 Å². The van der Waals surface area contributed by atoms with Crippen LogP contribution in [0.5, 0.6) is 0 Å². The molecule has 2 heterocycles. The van der Waals surface area contributed by atoms with Crippen LogP contribution in [0, 0.1) is 0 Å². The van der Waals surface area contributed by atoms with Crippen molar-refractivity contribution in [3.8, 4) is 0 Å². The summed E-state index contributed by atoms with van der Waals surface area (Å²) in [4.78, 5) is 45.4. The number of fused-ring (bicyclic) bond motifs is 1. The summed E-state index contributed by atoms with van der Waals surface area (Å²) in [7, 11) is -3.26. The van der Waals surface area contributed by atoms with Gasteiger partial charge < -0.3 is 23.7 Å². The van der Waals surface area contributed by atoms with Crippen LogP contribution >= 0.6 is 19.2 Å². The van der Waals surface area contributed by atoms with E-state index in [0.29, 0.717) is 28.3 Å². The molecule has 3 amide bonds. The van der Waals surface area contributed by atoms with Gasteiger partial charge in [0.05, 0.1) is 25.9 Å². The van der Waals surface area contributed by atoms with Gasteiger partial charge in [-0.25, -0.2) is 0 Å². The molecular weight excluding hydrogens is 613 g/mol. The summed E-state index contributed by atoms with van der Waals surface area (Å²) >= 11 is 6.04. The van der Waals surface area contributed by atoms with E-state index in [9.17, 15) is 18.9 Å². The minimum atomic E-state index is -3.26. The Bertz CT molecular complexity index is 1560. The van der Waals surface area contributed by atoms with E-state index in [1.165, 1.54) is 0 Å². The summed E-state index contributed by atoms with van der Waals surface area (Å²) in [5.74, 6) is -0.483. The van der Waals surface area contributed by atoms with Crippen molar-refractivity contribution < 1.29 is 28.0 Å². The Hall–Kier alpha value is -3.49. The number of hydrogen-bond donors (Lipinski definition) is 0. The lowest BCUT2D eigenvalue weighted by atomic mass is 10.0. The molecule has 2 aliphatic rings. The third-order valence-corrected chi connectivity index (χ3v) is 10.4. The highest BCUT2D eigenvalue weighted by molar-refractivity contribution is 7.53. The number of aryl methyl sites for hydroxylation is 1. The zero-order chi connectivity index (χ0) is 32.0. The molecule has 0 bridgehead atoms. The molecule has 238 valence electrons. The Morgan fingerprint density at radius 2 is 1.38 bits per heavy atom. The van der Waals surface area contributed by atoms with Crippen LogP contribution in [0.1, 0.15) is 64.1 Å². The van der Waals surface area contributed by atoms with E-state index in [2.05, 4.69) is 0 Å². The molecule has 0 atom stereocenters. The minimum Gasteiger partial charge on any atom is -0.339 e. The lowest BCUT2D eigenvalue weighted by Crippen LogP contribution is -2.39. The summed E-state index contributed by atoms with van der Waals surface area (Å²) < 4.78 is 24.1. The number of halogens is 1. The van der Waals surface area contributed by atoms with Gasteiger partial charge in [0.1, 0.15) is 6.54 Å². The van der Waals surface area contributed by atoms with Crippen molar-refractivity contribution in [3.63, 3.8) is 0 Å². The van der Waals surface area contributed by atoms with Gasteiger partial charge in [0.2, 0.25) is 5.91 Å². The Balaban J connectivity index is 1.43. The predicted molar refractivity (Wildman–Crippen MR) is 175 cm³/mol. The molecule has 11 heteroatoms. The second kappa shape index (κ2) is 14.7. The molecular formula is C34H39ClN3O6P. The van der Waals surface area contributed by atoms with Gasteiger partial charge in [-0.1, -0.05) is 35.9 Å². The van der Waals surface area contributed by atoms with Crippen LogP contribution in [-0.4, -0.2) is 66.5 Å². The van der Waals surface area contributed by atoms with Crippen molar-refractivity contribution in [1.82, 2.24) is 9.80 Å². The largest absolute Gasteiger partial charge is 0.339 e. The van der Waals surface area contributed by atoms with E-state index >= 15 is 0 Å². The second-order valence-corrected chi connectivity index (χ2v) is 13.8. The van der Waals surface area contributed by atoms with Crippen molar-refractivity contribution in [3.05, 3.63) is 99.6 Å². The molecule has 0 spiro atoms. The first-order valence-electron chi connectivity index (χ1n) is 15.4. The summed E-state index contributed by atoms with van der Waals surface area (Å²) in [6.07, 6.45) is 2.67. The smallest absolute Gasteiger partial charge is 0.330 e. The molecule has 0 saturated carbocycles. The molecule has 0 radical (unpaired) electrons. The number of hydrogen-bond acceptors (Lipinski definition) is 6. The monoisotopic (exact) mass is 651 g/mol. The molecule has 0 unspecified atom stereocenters. The van der Waals surface area contributed by atoms with Gasteiger partial charge in [0.15, 0.2) is 0 Å². The zero-order valence-corrected chi connectivity index (χ0v) is 27.4. The molecule has 3 aromatic rings. The fourth-order valence-corrected chi connectivity index (χ4v) is 7.53. The SMILES string of the molecule is CCOP(=O)(CCc1ccc2c(c1)N(Cc1ccc(C(=O)N3CCCC3)cc1)C(=O)CN(C(=O)c1ccc(Cl)cc1)C2)OCC. The number of anilines is 1. The number of rotatable bonds is 11.